The minimum Gasteiger partial charge on any atom is -0.366 e. The quantitative estimate of drug-likeness (QED) is 0.584. The van der Waals surface area contributed by atoms with Crippen molar-refractivity contribution in [3.63, 3.8) is 0 Å². The first kappa shape index (κ1) is 17.6. The van der Waals surface area contributed by atoms with Gasteiger partial charge in [0.1, 0.15) is 0 Å². The molecule has 2 N–H and O–H groups in total. The second-order valence-electron chi connectivity index (χ2n) is 6.51. The van der Waals surface area contributed by atoms with Crippen LogP contribution in [0.25, 0.3) is 10.9 Å². The van der Waals surface area contributed by atoms with Crippen molar-refractivity contribution in [2.24, 2.45) is 5.73 Å². The molecule has 0 aliphatic carbocycles. The van der Waals surface area contributed by atoms with Gasteiger partial charge in [0.25, 0.3) is 11.5 Å². The van der Waals surface area contributed by atoms with Crippen LogP contribution < -0.4 is 11.3 Å². The summed E-state index contributed by atoms with van der Waals surface area (Å²) in [5.41, 5.74) is 8.50. The van der Waals surface area contributed by atoms with Gasteiger partial charge in [0.2, 0.25) is 0 Å². The zero-order chi connectivity index (χ0) is 19.5. The summed E-state index contributed by atoms with van der Waals surface area (Å²) in [7, 11) is 0. The highest BCUT2D eigenvalue weighted by Gasteiger charge is 2.15. The van der Waals surface area contributed by atoms with Crippen molar-refractivity contribution in [2.75, 3.05) is 0 Å². The number of hydrogen-bond donors (Lipinski definition) is 1. The molecule has 3 heterocycles. The molecule has 6 heteroatoms. The maximum atomic E-state index is 12.9. The van der Waals surface area contributed by atoms with Crippen LogP contribution in [0.15, 0.2) is 77.9 Å². The normalized spacial score (nSPS) is 10.9. The van der Waals surface area contributed by atoms with E-state index in [0.717, 1.165) is 11.3 Å². The minimum absolute atomic E-state index is 0.232. The van der Waals surface area contributed by atoms with Crippen LogP contribution in [0.4, 0.5) is 0 Å². The number of amides is 1. The van der Waals surface area contributed by atoms with E-state index in [1.165, 1.54) is 0 Å². The Morgan fingerprint density at radius 3 is 2.54 bits per heavy atom. The number of primary amides is 1. The van der Waals surface area contributed by atoms with Gasteiger partial charge >= 0.3 is 0 Å². The zero-order valence-corrected chi connectivity index (χ0v) is 15.1. The summed E-state index contributed by atoms with van der Waals surface area (Å²) in [4.78, 5) is 33.7. The number of aromatic nitrogens is 3. The molecule has 6 nitrogen and oxygen atoms in total. The fourth-order valence-electron chi connectivity index (χ4n) is 3.18. The second-order valence-corrected chi connectivity index (χ2v) is 6.51. The Bertz CT molecular complexity index is 1200. The lowest BCUT2D eigenvalue weighted by Gasteiger charge is -2.11. The number of pyridine rings is 3. The van der Waals surface area contributed by atoms with Crippen molar-refractivity contribution in [3.8, 4) is 0 Å². The fraction of sp³-hybridized carbons (Fsp3) is 0.0909. The number of carbonyl (C=O) groups excluding carboxylic acids is 1. The fourth-order valence-corrected chi connectivity index (χ4v) is 3.18. The molecule has 3 aromatic heterocycles. The van der Waals surface area contributed by atoms with Crippen LogP contribution in [0.1, 0.15) is 27.3 Å². The molecular formula is C22H18N4O2. The highest BCUT2D eigenvalue weighted by atomic mass is 16.1. The predicted molar refractivity (Wildman–Crippen MR) is 107 cm³/mol. The minimum atomic E-state index is -0.597. The average molecular weight is 370 g/mol. The SMILES string of the molecule is NC(=O)c1cc2c(=O)n(Cc3ccccn3)ccc2nc1Cc1ccccc1. The van der Waals surface area contributed by atoms with Gasteiger partial charge in [-0.15, -0.1) is 0 Å². The van der Waals surface area contributed by atoms with Crippen LogP contribution in [-0.2, 0) is 13.0 Å². The van der Waals surface area contributed by atoms with E-state index in [1.54, 1.807) is 29.1 Å². The first-order valence-corrected chi connectivity index (χ1v) is 8.88. The van der Waals surface area contributed by atoms with E-state index >= 15 is 0 Å². The molecule has 0 atom stereocenters. The Labute approximate surface area is 161 Å². The lowest BCUT2D eigenvalue weighted by atomic mass is 10.0. The Balaban J connectivity index is 1.79. The predicted octanol–water partition coefficient (Wildman–Crippen LogP) is 2.53. The third kappa shape index (κ3) is 3.53. The third-order valence-electron chi connectivity index (χ3n) is 4.57. The summed E-state index contributed by atoms with van der Waals surface area (Å²) >= 11 is 0. The summed E-state index contributed by atoms with van der Waals surface area (Å²) in [5, 5.41) is 0.365. The van der Waals surface area contributed by atoms with Gasteiger partial charge in [0, 0.05) is 18.8 Å². The van der Waals surface area contributed by atoms with Crippen LogP contribution in [0.5, 0.6) is 0 Å². The molecule has 0 bridgehead atoms. The van der Waals surface area contributed by atoms with Gasteiger partial charge in [-0.05, 0) is 29.8 Å². The van der Waals surface area contributed by atoms with Crippen molar-refractivity contribution in [1.82, 2.24) is 14.5 Å². The van der Waals surface area contributed by atoms with Crippen LogP contribution in [0, 0.1) is 0 Å². The topological polar surface area (TPSA) is 90.9 Å². The highest BCUT2D eigenvalue weighted by Crippen LogP contribution is 2.17. The molecule has 0 unspecified atom stereocenters. The van der Waals surface area contributed by atoms with Crippen molar-refractivity contribution >= 4 is 16.8 Å². The van der Waals surface area contributed by atoms with Gasteiger partial charge in [0.05, 0.1) is 34.4 Å². The van der Waals surface area contributed by atoms with E-state index in [2.05, 4.69) is 9.97 Å². The molecule has 0 spiro atoms. The van der Waals surface area contributed by atoms with Gasteiger partial charge in [-0.2, -0.15) is 0 Å². The molecule has 0 saturated carbocycles. The van der Waals surface area contributed by atoms with Gasteiger partial charge in [-0.25, -0.2) is 0 Å². The number of nitrogens with two attached hydrogens (primary N) is 1. The molecule has 4 aromatic rings. The maximum absolute atomic E-state index is 12.9. The first-order chi connectivity index (χ1) is 13.6. The molecule has 0 aliphatic rings. The van der Waals surface area contributed by atoms with Crippen molar-refractivity contribution in [1.29, 1.82) is 0 Å². The third-order valence-corrected chi connectivity index (χ3v) is 4.57. The lowest BCUT2D eigenvalue weighted by Crippen LogP contribution is -2.22. The van der Waals surface area contributed by atoms with Crippen molar-refractivity contribution < 1.29 is 4.79 Å². The number of carbonyl (C=O) groups is 1. The first-order valence-electron chi connectivity index (χ1n) is 8.88. The van der Waals surface area contributed by atoms with E-state index in [9.17, 15) is 9.59 Å². The molecule has 0 saturated heterocycles. The Kier molecular flexibility index (Phi) is 4.68. The maximum Gasteiger partial charge on any atom is 0.260 e. The standard InChI is InChI=1S/C22H18N4O2/c23-21(27)17-13-18-19(25-20(17)12-15-6-2-1-3-7-15)9-11-26(22(18)28)14-16-8-4-5-10-24-16/h1-11,13H,12,14H2,(H2,23,27). The monoisotopic (exact) mass is 370 g/mol. The summed E-state index contributed by atoms with van der Waals surface area (Å²) in [6.07, 6.45) is 3.85. The van der Waals surface area contributed by atoms with Crippen molar-refractivity contribution in [2.45, 2.75) is 13.0 Å². The molecule has 0 radical (unpaired) electrons. The highest BCUT2D eigenvalue weighted by molar-refractivity contribution is 5.97. The zero-order valence-electron chi connectivity index (χ0n) is 15.1. The lowest BCUT2D eigenvalue weighted by molar-refractivity contribution is 0.0999. The van der Waals surface area contributed by atoms with Gasteiger partial charge in [-0.1, -0.05) is 36.4 Å². The van der Waals surface area contributed by atoms with E-state index in [0.29, 0.717) is 29.6 Å². The van der Waals surface area contributed by atoms with Crippen LogP contribution >= 0.6 is 0 Å². The van der Waals surface area contributed by atoms with Gasteiger partial charge < -0.3 is 10.3 Å². The number of fused-ring (bicyclic) bond motifs is 1. The van der Waals surface area contributed by atoms with Crippen LogP contribution in [0.2, 0.25) is 0 Å². The Morgan fingerprint density at radius 2 is 1.82 bits per heavy atom. The summed E-state index contributed by atoms with van der Waals surface area (Å²) in [6, 6.07) is 18.6. The van der Waals surface area contributed by atoms with E-state index in [1.807, 2.05) is 48.5 Å². The van der Waals surface area contributed by atoms with Crippen LogP contribution in [-0.4, -0.2) is 20.4 Å². The molecule has 1 amide bonds. The summed E-state index contributed by atoms with van der Waals surface area (Å²) in [5.74, 6) is -0.597. The number of benzene rings is 1. The number of hydrogen-bond acceptors (Lipinski definition) is 4. The van der Waals surface area contributed by atoms with Gasteiger partial charge in [-0.3, -0.25) is 19.6 Å². The van der Waals surface area contributed by atoms with Crippen molar-refractivity contribution in [3.05, 3.63) is 106 Å². The molecule has 28 heavy (non-hydrogen) atoms. The Morgan fingerprint density at radius 1 is 1.04 bits per heavy atom. The van der Waals surface area contributed by atoms with E-state index in [4.69, 9.17) is 5.73 Å². The molecule has 138 valence electrons. The molecule has 0 aliphatic heterocycles. The number of rotatable bonds is 5. The summed E-state index contributed by atoms with van der Waals surface area (Å²) < 4.78 is 1.55. The molecule has 4 rings (SSSR count). The number of nitrogens with zero attached hydrogens (tertiary/aromatic N) is 3. The summed E-state index contributed by atoms with van der Waals surface area (Å²) in [6.45, 7) is 0.341. The average Bonchev–Trinajstić information content (AvgIpc) is 2.71. The van der Waals surface area contributed by atoms with Gasteiger partial charge in [0.15, 0.2) is 0 Å². The smallest absolute Gasteiger partial charge is 0.260 e. The van der Waals surface area contributed by atoms with E-state index in [-0.39, 0.29) is 11.1 Å². The Hall–Kier alpha value is -3.80. The molecular weight excluding hydrogens is 352 g/mol. The van der Waals surface area contributed by atoms with Crippen LogP contribution in [0.3, 0.4) is 0 Å². The second kappa shape index (κ2) is 7.44. The van der Waals surface area contributed by atoms with E-state index < -0.39 is 5.91 Å². The molecule has 0 fully saturated rings. The molecule has 1 aromatic carbocycles. The largest absolute Gasteiger partial charge is 0.366 e.